The minimum Gasteiger partial charge on any atom is -0.326 e. The van der Waals surface area contributed by atoms with E-state index >= 15 is 0 Å². The van der Waals surface area contributed by atoms with Crippen LogP contribution < -0.4 is 4.13 Å². The minimum atomic E-state index is -3.35. The number of nitrogens with zero attached hydrogens (tertiary/aromatic N) is 3. The molecule has 1 aromatic heterocycles. The molecule has 1 aliphatic heterocycles. The average molecular weight is 551 g/mol. The molecule has 2 aliphatic carbocycles. The van der Waals surface area contributed by atoms with Crippen LogP contribution in [0.1, 0.15) is 49.2 Å². The Morgan fingerprint density at radius 3 is 2.74 bits per heavy atom. The Labute approximate surface area is 218 Å². The molecule has 0 bridgehead atoms. The molecular weight excluding hydrogens is 527 g/mol. The van der Waals surface area contributed by atoms with Gasteiger partial charge in [0.1, 0.15) is 11.9 Å². The van der Waals surface area contributed by atoms with E-state index in [1.165, 1.54) is 23.5 Å². The first-order chi connectivity index (χ1) is 16.9. The van der Waals surface area contributed by atoms with Crippen molar-refractivity contribution in [3.05, 3.63) is 62.5 Å². The molecule has 2 heterocycles. The average Bonchev–Trinajstić information content (AvgIpc) is 3.76. The third-order valence-electron chi connectivity index (χ3n) is 5.95. The molecule has 0 unspecified atom stereocenters. The number of thiazole rings is 1. The highest BCUT2D eigenvalue weighted by Gasteiger charge is 2.37. The van der Waals surface area contributed by atoms with Gasteiger partial charge in [0, 0.05) is 40.3 Å². The van der Waals surface area contributed by atoms with Gasteiger partial charge >= 0.3 is 0 Å². The second kappa shape index (κ2) is 10.2. The molecule has 0 saturated heterocycles. The molecule has 1 N–H and O–H groups in total. The molecule has 0 spiro atoms. The van der Waals surface area contributed by atoms with E-state index in [0.29, 0.717) is 42.5 Å². The first-order valence-corrected chi connectivity index (χ1v) is 15.2. The summed E-state index contributed by atoms with van der Waals surface area (Å²) < 4.78 is 41.4. The molecule has 1 aromatic carbocycles. The zero-order chi connectivity index (χ0) is 24.6. The number of rotatable bonds is 8. The molecule has 6 nitrogen and oxygen atoms in total. The van der Waals surface area contributed by atoms with Gasteiger partial charge in [-0.25, -0.2) is 17.8 Å². The summed E-state index contributed by atoms with van der Waals surface area (Å²) in [4.78, 5) is 11.6. The monoisotopic (exact) mass is 550 g/mol. The van der Waals surface area contributed by atoms with Crippen LogP contribution in [0.25, 0.3) is 0 Å². The second-order valence-corrected chi connectivity index (χ2v) is 12.9. The third-order valence-corrected chi connectivity index (χ3v) is 10.2. The van der Waals surface area contributed by atoms with Crippen molar-refractivity contribution in [1.82, 2.24) is 14.0 Å². The van der Waals surface area contributed by atoms with Gasteiger partial charge in [-0.3, -0.25) is 4.99 Å². The van der Waals surface area contributed by atoms with Crippen molar-refractivity contribution in [2.75, 3.05) is 12.3 Å². The van der Waals surface area contributed by atoms with Crippen molar-refractivity contribution in [3.8, 4) is 11.8 Å². The Kier molecular flexibility index (Phi) is 7.24. The lowest BCUT2D eigenvalue weighted by atomic mass is 9.95. The summed E-state index contributed by atoms with van der Waals surface area (Å²) in [5.41, 5.74) is 2.26. The number of nitrogens with one attached hydrogen (secondary N) is 1. The summed E-state index contributed by atoms with van der Waals surface area (Å²) >= 11 is 9.11. The fourth-order valence-corrected chi connectivity index (χ4v) is 7.36. The normalized spacial score (nSPS) is 20.5. The lowest BCUT2D eigenvalue weighted by molar-refractivity contribution is 0.513. The van der Waals surface area contributed by atoms with Crippen molar-refractivity contribution in [1.29, 1.82) is 0 Å². The number of benzene rings is 1. The van der Waals surface area contributed by atoms with E-state index in [4.69, 9.17) is 16.6 Å². The van der Waals surface area contributed by atoms with E-state index < -0.39 is 21.9 Å². The maximum absolute atomic E-state index is 13.9. The molecule has 0 radical (unpaired) electrons. The minimum absolute atomic E-state index is 0.273. The van der Waals surface area contributed by atoms with Gasteiger partial charge in [-0.1, -0.05) is 41.5 Å². The number of amidine groups is 1. The predicted octanol–water partition coefficient (Wildman–Crippen LogP) is 5.16. The summed E-state index contributed by atoms with van der Waals surface area (Å²) in [7, 11) is -3.35. The van der Waals surface area contributed by atoms with Crippen LogP contribution in [-0.2, 0) is 10.0 Å². The Morgan fingerprint density at radius 2 is 2.11 bits per heavy atom. The molecule has 3 aliphatic rings. The second-order valence-electron chi connectivity index (χ2n) is 8.62. The van der Waals surface area contributed by atoms with E-state index in [-0.39, 0.29) is 10.3 Å². The van der Waals surface area contributed by atoms with Crippen LogP contribution in [0.5, 0.6) is 0 Å². The van der Waals surface area contributed by atoms with Crippen molar-refractivity contribution >= 4 is 50.7 Å². The molecule has 184 valence electrons. The lowest BCUT2D eigenvalue weighted by Crippen LogP contribution is -2.37. The van der Waals surface area contributed by atoms with Gasteiger partial charge in [-0.15, -0.1) is 11.3 Å². The first-order valence-electron chi connectivity index (χ1n) is 11.4. The number of halogens is 2. The highest BCUT2D eigenvalue weighted by atomic mass is 35.5. The van der Waals surface area contributed by atoms with E-state index in [2.05, 4.69) is 21.0 Å². The van der Waals surface area contributed by atoms with Crippen LogP contribution in [0.15, 0.2) is 46.0 Å². The fourth-order valence-electron chi connectivity index (χ4n) is 3.81. The fraction of sp³-hybridized carbons (Fsp3) is 0.417. The number of hydrogen-bond acceptors (Lipinski definition) is 7. The van der Waals surface area contributed by atoms with Crippen molar-refractivity contribution < 1.29 is 12.8 Å². The van der Waals surface area contributed by atoms with Crippen LogP contribution in [0.2, 0.25) is 5.02 Å². The highest BCUT2D eigenvalue weighted by molar-refractivity contribution is 8.09. The van der Waals surface area contributed by atoms with E-state index in [1.807, 2.05) is 17.2 Å². The SMILES string of the molecule is CCN1C(c2nccs2)=N[C@@H](c2ccc(F)cc2Cl)C(C#CC2CC2)=C1CSNS(=O)(=O)C1CC1. The number of hydrogen-bond donors (Lipinski definition) is 1. The van der Waals surface area contributed by atoms with Crippen LogP contribution >= 0.6 is 34.9 Å². The molecule has 0 amide bonds. The Morgan fingerprint density at radius 1 is 1.31 bits per heavy atom. The summed E-state index contributed by atoms with van der Waals surface area (Å²) in [6, 6.07) is 3.75. The van der Waals surface area contributed by atoms with E-state index in [1.54, 1.807) is 12.3 Å². The van der Waals surface area contributed by atoms with Gasteiger partial charge in [0.2, 0.25) is 10.0 Å². The zero-order valence-electron chi connectivity index (χ0n) is 19.0. The molecule has 11 heteroatoms. The Hall–Kier alpha value is -1.90. The molecule has 2 saturated carbocycles. The van der Waals surface area contributed by atoms with Gasteiger partial charge < -0.3 is 4.90 Å². The molecule has 1 atom stereocenters. The maximum atomic E-state index is 13.9. The molecule has 35 heavy (non-hydrogen) atoms. The van der Waals surface area contributed by atoms with Gasteiger partial charge in [0.25, 0.3) is 0 Å². The summed E-state index contributed by atoms with van der Waals surface area (Å²) in [5.74, 6) is 7.65. The van der Waals surface area contributed by atoms with Crippen LogP contribution in [0.4, 0.5) is 4.39 Å². The van der Waals surface area contributed by atoms with Gasteiger partial charge in [0.15, 0.2) is 10.8 Å². The number of sulfonamides is 1. The van der Waals surface area contributed by atoms with E-state index in [0.717, 1.165) is 41.1 Å². The van der Waals surface area contributed by atoms with Gasteiger partial charge in [-0.05, 0) is 44.7 Å². The number of aromatic nitrogens is 1. The summed E-state index contributed by atoms with van der Waals surface area (Å²) in [5, 5.41) is 2.60. The van der Waals surface area contributed by atoms with E-state index in [9.17, 15) is 12.8 Å². The Bertz CT molecular complexity index is 1340. The zero-order valence-corrected chi connectivity index (χ0v) is 22.2. The molecule has 5 rings (SSSR count). The summed E-state index contributed by atoms with van der Waals surface area (Å²) in [6.45, 7) is 2.61. The predicted molar refractivity (Wildman–Crippen MR) is 140 cm³/mol. The maximum Gasteiger partial charge on any atom is 0.223 e. The number of aliphatic imine (C=N–C) groups is 1. The molecular formula is C24H24ClFN4O2S3. The lowest BCUT2D eigenvalue weighted by Gasteiger charge is -2.34. The topological polar surface area (TPSA) is 74.7 Å². The van der Waals surface area contributed by atoms with Crippen molar-refractivity contribution in [3.63, 3.8) is 0 Å². The van der Waals surface area contributed by atoms with Crippen LogP contribution in [0.3, 0.4) is 0 Å². The summed E-state index contributed by atoms with van der Waals surface area (Å²) in [6.07, 6.45) is 5.26. The quantitative estimate of drug-likeness (QED) is 0.363. The van der Waals surface area contributed by atoms with Crippen molar-refractivity contribution in [2.45, 2.75) is 43.9 Å². The Balaban J connectivity index is 1.59. The van der Waals surface area contributed by atoms with Crippen LogP contribution in [0, 0.1) is 23.6 Å². The largest absolute Gasteiger partial charge is 0.326 e. The van der Waals surface area contributed by atoms with Gasteiger partial charge in [-0.2, -0.15) is 4.13 Å². The molecule has 2 aromatic rings. The van der Waals surface area contributed by atoms with Crippen molar-refractivity contribution in [2.24, 2.45) is 10.9 Å². The molecule has 2 fully saturated rings. The highest BCUT2D eigenvalue weighted by Crippen LogP contribution is 2.40. The smallest absolute Gasteiger partial charge is 0.223 e. The van der Waals surface area contributed by atoms with Crippen LogP contribution in [-0.4, -0.2) is 41.7 Å². The standard InChI is InChI=1S/C24H24ClFN4O2S3/c1-2-30-21(14-34-29-35(31,32)17-7-8-17)19(9-5-15-3-4-15)22(18-10-6-16(26)13-20(18)25)28-23(30)24-27-11-12-33-24/h6,10-13,15,17,22,29H,2-4,7-8,14H2,1H3/t22-/m0/s1. The first kappa shape index (κ1) is 24.8. The van der Waals surface area contributed by atoms with Gasteiger partial charge in [0.05, 0.1) is 16.6 Å². The third kappa shape index (κ3) is 5.59.